The number of hydrogen-bond donors (Lipinski definition) is 0. The predicted molar refractivity (Wildman–Crippen MR) is 42.0 cm³/mol. The van der Waals surface area contributed by atoms with E-state index in [2.05, 4.69) is 0 Å². The zero-order valence-corrected chi connectivity index (χ0v) is 6.87. The van der Waals surface area contributed by atoms with E-state index in [-0.39, 0.29) is 5.78 Å². The molecule has 0 unspecified atom stereocenters. The SMILES string of the molecule is CC(=O)Cc1cccc[n+]1C. The Kier molecular flexibility index (Phi) is 2.36. The van der Waals surface area contributed by atoms with Crippen molar-refractivity contribution in [3.8, 4) is 0 Å². The molecule has 0 saturated carbocycles. The van der Waals surface area contributed by atoms with Crippen molar-refractivity contribution in [2.24, 2.45) is 7.05 Å². The van der Waals surface area contributed by atoms with Crippen molar-refractivity contribution in [3.05, 3.63) is 30.1 Å². The summed E-state index contributed by atoms with van der Waals surface area (Å²) in [6, 6.07) is 5.85. The van der Waals surface area contributed by atoms with Crippen LogP contribution in [-0.2, 0) is 18.3 Å². The fourth-order valence-corrected chi connectivity index (χ4v) is 0.997. The minimum atomic E-state index is 0.201. The third kappa shape index (κ3) is 2.15. The maximum absolute atomic E-state index is 10.8. The molecular formula is C9H12NO+. The second-order valence-corrected chi connectivity index (χ2v) is 2.68. The number of rotatable bonds is 2. The van der Waals surface area contributed by atoms with Crippen LogP contribution in [-0.4, -0.2) is 5.78 Å². The molecule has 2 heteroatoms. The summed E-state index contributed by atoms with van der Waals surface area (Å²) in [5.41, 5.74) is 1.06. The lowest BCUT2D eigenvalue weighted by atomic mass is 10.2. The zero-order chi connectivity index (χ0) is 8.27. The van der Waals surface area contributed by atoms with E-state index in [9.17, 15) is 4.79 Å². The summed E-state index contributed by atoms with van der Waals surface area (Å²) >= 11 is 0. The molecule has 11 heavy (non-hydrogen) atoms. The minimum Gasteiger partial charge on any atom is -0.299 e. The van der Waals surface area contributed by atoms with Gasteiger partial charge in [-0.25, -0.2) is 4.57 Å². The molecule has 0 aliphatic rings. The van der Waals surface area contributed by atoms with Crippen molar-refractivity contribution in [1.82, 2.24) is 0 Å². The van der Waals surface area contributed by atoms with Gasteiger partial charge in [-0.1, -0.05) is 6.07 Å². The molecule has 0 spiro atoms. The Morgan fingerprint density at radius 1 is 1.55 bits per heavy atom. The Hall–Kier alpha value is -1.18. The van der Waals surface area contributed by atoms with E-state index < -0.39 is 0 Å². The molecule has 1 aromatic rings. The highest BCUT2D eigenvalue weighted by atomic mass is 16.1. The van der Waals surface area contributed by atoms with Gasteiger partial charge in [0, 0.05) is 12.1 Å². The van der Waals surface area contributed by atoms with Crippen molar-refractivity contribution in [2.75, 3.05) is 0 Å². The fourth-order valence-electron chi connectivity index (χ4n) is 0.997. The number of carbonyl (C=O) groups excluding carboxylic acids is 1. The second kappa shape index (κ2) is 3.28. The Bertz CT molecular complexity index is 268. The number of aromatic nitrogens is 1. The van der Waals surface area contributed by atoms with Gasteiger partial charge in [-0.05, 0) is 6.92 Å². The molecule has 0 atom stereocenters. The van der Waals surface area contributed by atoms with E-state index in [1.54, 1.807) is 6.92 Å². The maximum Gasteiger partial charge on any atom is 0.188 e. The van der Waals surface area contributed by atoms with Gasteiger partial charge in [-0.15, -0.1) is 0 Å². The largest absolute Gasteiger partial charge is 0.299 e. The molecule has 0 saturated heterocycles. The third-order valence-electron chi connectivity index (χ3n) is 1.59. The summed E-state index contributed by atoms with van der Waals surface area (Å²) in [6.45, 7) is 1.60. The summed E-state index contributed by atoms with van der Waals surface area (Å²) in [4.78, 5) is 10.8. The molecule has 0 aliphatic heterocycles. The highest BCUT2D eigenvalue weighted by molar-refractivity contribution is 5.77. The third-order valence-corrected chi connectivity index (χ3v) is 1.59. The molecule has 1 heterocycles. The van der Waals surface area contributed by atoms with Crippen LogP contribution in [0.15, 0.2) is 24.4 Å². The summed E-state index contributed by atoms with van der Waals surface area (Å²) < 4.78 is 1.96. The normalized spacial score (nSPS) is 9.64. The van der Waals surface area contributed by atoms with Gasteiger partial charge in [0.1, 0.15) is 12.8 Å². The molecule has 0 N–H and O–H groups in total. The van der Waals surface area contributed by atoms with Gasteiger partial charge in [0.2, 0.25) is 0 Å². The van der Waals surface area contributed by atoms with E-state index in [0.717, 1.165) is 5.69 Å². The number of ketones is 1. The van der Waals surface area contributed by atoms with Crippen molar-refractivity contribution in [2.45, 2.75) is 13.3 Å². The van der Waals surface area contributed by atoms with Gasteiger partial charge < -0.3 is 0 Å². The van der Waals surface area contributed by atoms with Crippen molar-refractivity contribution >= 4 is 5.78 Å². The molecule has 2 nitrogen and oxygen atoms in total. The predicted octanol–water partition coefficient (Wildman–Crippen LogP) is 0.643. The van der Waals surface area contributed by atoms with E-state index in [0.29, 0.717) is 6.42 Å². The lowest BCUT2D eigenvalue weighted by Crippen LogP contribution is -2.33. The van der Waals surface area contributed by atoms with Crippen LogP contribution in [0.4, 0.5) is 0 Å². The van der Waals surface area contributed by atoms with Gasteiger partial charge in [0.05, 0.1) is 6.42 Å². The van der Waals surface area contributed by atoms with Gasteiger partial charge in [0.15, 0.2) is 11.9 Å². The number of carbonyl (C=O) groups is 1. The summed E-state index contributed by atoms with van der Waals surface area (Å²) in [5.74, 6) is 0.201. The van der Waals surface area contributed by atoms with Crippen LogP contribution in [0.1, 0.15) is 12.6 Å². The molecule has 1 aromatic heterocycles. The Morgan fingerprint density at radius 3 is 2.82 bits per heavy atom. The van der Waals surface area contributed by atoms with Gasteiger partial charge in [0.25, 0.3) is 0 Å². The molecule has 58 valence electrons. The van der Waals surface area contributed by atoms with E-state index in [4.69, 9.17) is 0 Å². The van der Waals surface area contributed by atoms with E-state index in [1.165, 1.54) is 0 Å². The molecule has 0 radical (unpaired) electrons. The van der Waals surface area contributed by atoms with E-state index in [1.807, 2.05) is 36.0 Å². The first-order valence-electron chi connectivity index (χ1n) is 3.63. The number of Topliss-reactive ketones (excluding diaryl/α,β-unsaturated/α-hetero) is 1. The molecule has 0 fully saturated rings. The van der Waals surface area contributed by atoms with Crippen LogP contribution in [0.3, 0.4) is 0 Å². The lowest BCUT2D eigenvalue weighted by Gasteiger charge is -1.94. The first-order valence-corrected chi connectivity index (χ1v) is 3.63. The van der Waals surface area contributed by atoms with Crippen LogP contribution < -0.4 is 4.57 Å². The molecular weight excluding hydrogens is 138 g/mol. The van der Waals surface area contributed by atoms with E-state index >= 15 is 0 Å². The monoisotopic (exact) mass is 150 g/mol. The van der Waals surface area contributed by atoms with Crippen LogP contribution in [0, 0.1) is 0 Å². The lowest BCUT2D eigenvalue weighted by molar-refractivity contribution is -0.678. The number of hydrogen-bond acceptors (Lipinski definition) is 1. The average molecular weight is 150 g/mol. The van der Waals surface area contributed by atoms with Crippen molar-refractivity contribution < 1.29 is 9.36 Å². The number of nitrogens with zero attached hydrogens (tertiary/aromatic N) is 1. The van der Waals surface area contributed by atoms with Crippen LogP contribution >= 0.6 is 0 Å². The smallest absolute Gasteiger partial charge is 0.188 e. The average Bonchev–Trinajstić information content (AvgIpc) is 1.93. The van der Waals surface area contributed by atoms with Crippen LogP contribution in [0.5, 0.6) is 0 Å². The van der Waals surface area contributed by atoms with Crippen molar-refractivity contribution in [3.63, 3.8) is 0 Å². The number of aryl methyl sites for hydroxylation is 1. The highest BCUT2D eigenvalue weighted by Gasteiger charge is 2.05. The fraction of sp³-hybridized carbons (Fsp3) is 0.333. The maximum atomic E-state index is 10.8. The zero-order valence-electron chi connectivity index (χ0n) is 6.87. The molecule has 0 aromatic carbocycles. The summed E-state index contributed by atoms with van der Waals surface area (Å²) in [6.07, 6.45) is 2.47. The highest BCUT2D eigenvalue weighted by Crippen LogP contribution is 1.92. The Balaban J connectivity index is 2.86. The molecule has 0 aliphatic carbocycles. The van der Waals surface area contributed by atoms with Gasteiger partial charge in [-0.2, -0.15) is 0 Å². The molecule has 0 bridgehead atoms. The quantitative estimate of drug-likeness (QED) is 0.567. The van der Waals surface area contributed by atoms with Crippen LogP contribution in [0.25, 0.3) is 0 Å². The molecule has 0 amide bonds. The van der Waals surface area contributed by atoms with Gasteiger partial charge in [-0.3, -0.25) is 4.79 Å². The Labute approximate surface area is 66.5 Å². The first-order chi connectivity index (χ1) is 5.20. The van der Waals surface area contributed by atoms with Gasteiger partial charge >= 0.3 is 0 Å². The second-order valence-electron chi connectivity index (χ2n) is 2.68. The summed E-state index contributed by atoms with van der Waals surface area (Å²) in [7, 11) is 1.94. The first kappa shape index (κ1) is 7.92. The summed E-state index contributed by atoms with van der Waals surface area (Å²) in [5, 5.41) is 0. The van der Waals surface area contributed by atoms with Crippen LogP contribution in [0.2, 0.25) is 0 Å². The number of pyridine rings is 1. The Morgan fingerprint density at radius 2 is 2.27 bits per heavy atom. The standard InChI is InChI=1S/C9H12NO/c1-8(11)7-9-5-3-4-6-10(9)2/h3-6H,7H2,1-2H3/q+1. The van der Waals surface area contributed by atoms with Crippen molar-refractivity contribution in [1.29, 1.82) is 0 Å². The minimum absolute atomic E-state index is 0.201. The topological polar surface area (TPSA) is 20.9 Å². The molecule has 1 rings (SSSR count).